The lowest BCUT2D eigenvalue weighted by atomic mass is 9.95. The molecule has 0 amide bonds. The lowest BCUT2D eigenvalue weighted by molar-refractivity contribution is 0.615. The predicted molar refractivity (Wildman–Crippen MR) is 56.0 cm³/mol. The van der Waals surface area contributed by atoms with Gasteiger partial charge in [0.2, 0.25) is 0 Å². The average molecular weight is 193 g/mol. The van der Waals surface area contributed by atoms with Gasteiger partial charge in [0.1, 0.15) is 5.82 Å². The molecular weight excluding hydrogens is 177 g/mol. The minimum atomic E-state index is -0.104. The van der Waals surface area contributed by atoms with E-state index in [1.54, 1.807) is 6.07 Å². The predicted octanol–water partition coefficient (Wildman–Crippen LogP) is 2.60. The molecule has 0 bridgehead atoms. The highest BCUT2D eigenvalue weighted by Crippen LogP contribution is 2.26. The van der Waals surface area contributed by atoms with Gasteiger partial charge in [-0.05, 0) is 43.4 Å². The van der Waals surface area contributed by atoms with E-state index in [-0.39, 0.29) is 5.82 Å². The van der Waals surface area contributed by atoms with E-state index < -0.39 is 0 Å². The van der Waals surface area contributed by atoms with Gasteiger partial charge in [-0.25, -0.2) is 4.39 Å². The lowest BCUT2D eigenvalue weighted by Gasteiger charge is -2.09. The van der Waals surface area contributed by atoms with Crippen LogP contribution in [-0.4, -0.2) is 12.6 Å². The number of rotatable bonds is 1. The van der Waals surface area contributed by atoms with Gasteiger partial charge in [-0.1, -0.05) is 12.1 Å². The third kappa shape index (κ3) is 1.80. The second kappa shape index (κ2) is 3.70. The molecule has 1 saturated heterocycles. The highest BCUT2D eigenvalue weighted by atomic mass is 19.1. The summed E-state index contributed by atoms with van der Waals surface area (Å²) in [5.74, 6) is 0.456. The molecule has 1 nitrogen and oxygen atoms in total. The van der Waals surface area contributed by atoms with Gasteiger partial charge in [-0.15, -0.1) is 0 Å². The first kappa shape index (κ1) is 9.66. The van der Waals surface area contributed by atoms with Crippen molar-refractivity contribution in [2.45, 2.75) is 32.2 Å². The topological polar surface area (TPSA) is 12.0 Å². The van der Waals surface area contributed by atoms with Crippen LogP contribution < -0.4 is 5.32 Å². The normalized spacial score (nSPS) is 26.8. The zero-order valence-corrected chi connectivity index (χ0v) is 8.68. The second-order valence-corrected chi connectivity index (χ2v) is 4.25. The Kier molecular flexibility index (Phi) is 2.55. The average Bonchev–Trinajstić information content (AvgIpc) is 2.57. The molecule has 14 heavy (non-hydrogen) atoms. The van der Waals surface area contributed by atoms with Crippen molar-refractivity contribution in [3.8, 4) is 0 Å². The summed E-state index contributed by atoms with van der Waals surface area (Å²) in [6.07, 6.45) is 1.16. The Morgan fingerprint density at radius 2 is 2.21 bits per heavy atom. The molecule has 0 aromatic heterocycles. The zero-order valence-electron chi connectivity index (χ0n) is 8.68. The number of hydrogen-bond acceptors (Lipinski definition) is 1. The fourth-order valence-electron chi connectivity index (χ4n) is 2.11. The van der Waals surface area contributed by atoms with E-state index in [1.807, 2.05) is 19.1 Å². The lowest BCUT2D eigenvalue weighted by Crippen LogP contribution is -2.16. The summed E-state index contributed by atoms with van der Waals surface area (Å²) in [5, 5.41) is 3.41. The van der Waals surface area contributed by atoms with Crippen molar-refractivity contribution in [2.24, 2.45) is 0 Å². The first-order valence-electron chi connectivity index (χ1n) is 5.16. The van der Waals surface area contributed by atoms with Crippen molar-refractivity contribution in [1.29, 1.82) is 0 Å². The Bertz CT molecular complexity index is 335. The van der Waals surface area contributed by atoms with E-state index in [1.165, 1.54) is 5.56 Å². The van der Waals surface area contributed by atoms with E-state index in [4.69, 9.17) is 0 Å². The molecule has 1 aromatic carbocycles. The second-order valence-electron chi connectivity index (χ2n) is 4.25. The molecule has 1 N–H and O–H groups in total. The maximum absolute atomic E-state index is 13.0. The molecule has 2 unspecified atom stereocenters. The Labute approximate surface area is 84.3 Å². The van der Waals surface area contributed by atoms with Gasteiger partial charge in [0.15, 0.2) is 0 Å². The summed E-state index contributed by atoms with van der Waals surface area (Å²) in [6.45, 7) is 5.03. The summed E-state index contributed by atoms with van der Waals surface area (Å²) in [7, 11) is 0. The zero-order chi connectivity index (χ0) is 10.1. The van der Waals surface area contributed by atoms with Crippen molar-refractivity contribution in [3.63, 3.8) is 0 Å². The monoisotopic (exact) mass is 193 g/mol. The largest absolute Gasteiger partial charge is 0.314 e. The maximum Gasteiger partial charge on any atom is 0.126 e. The standard InChI is InChI=1S/C12H16FN/c1-8-5-10(3-4-12(8)13)11-6-9(2)14-7-11/h3-5,9,11,14H,6-7H2,1-2H3. The van der Waals surface area contributed by atoms with Crippen molar-refractivity contribution in [3.05, 3.63) is 35.1 Å². The fraction of sp³-hybridized carbons (Fsp3) is 0.500. The van der Waals surface area contributed by atoms with Crippen LogP contribution in [0.25, 0.3) is 0 Å². The van der Waals surface area contributed by atoms with Crippen molar-refractivity contribution < 1.29 is 4.39 Å². The summed E-state index contributed by atoms with van der Waals surface area (Å²) in [4.78, 5) is 0. The first-order chi connectivity index (χ1) is 6.66. The van der Waals surface area contributed by atoms with Gasteiger partial charge in [0.05, 0.1) is 0 Å². The first-order valence-corrected chi connectivity index (χ1v) is 5.16. The SMILES string of the molecule is Cc1cc(C2CNC(C)C2)ccc1F. The molecule has 0 aliphatic carbocycles. The highest BCUT2D eigenvalue weighted by Gasteiger charge is 2.22. The van der Waals surface area contributed by atoms with E-state index in [9.17, 15) is 4.39 Å². The molecule has 0 saturated carbocycles. The Hall–Kier alpha value is -0.890. The van der Waals surface area contributed by atoms with Crippen LogP contribution in [0.3, 0.4) is 0 Å². The van der Waals surface area contributed by atoms with Gasteiger partial charge in [0.25, 0.3) is 0 Å². The van der Waals surface area contributed by atoms with Crippen LogP contribution in [-0.2, 0) is 0 Å². The van der Waals surface area contributed by atoms with E-state index in [0.717, 1.165) is 18.5 Å². The van der Waals surface area contributed by atoms with Crippen LogP contribution in [0.15, 0.2) is 18.2 Å². The summed E-state index contributed by atoms with van der Waals surface area (Å²) < 4.78 is 13.0. The highest BCUT2D eigenvalue weighted by molar-refractivity contribution is 5.28. The summed E-state index contributed by atoms with van der Waals surface area (Å²) >= 11 is 0. The van der Waals surface area contributed by atoms with Crippen LogP contribution in [0, 0.1) is 12.7 Å². The summed E-state index contributed by atoms with van der Waals surface area (Å²) in [6, 6.07) is 6.05. The third-order valence-electron chi connectivity index (χ3n) is 3.00. The van der Waals surface area contributed by atoms with Crippen molar-refractivity contribution in [2.75, 3.05) is 6.54 Å². The molecule has 1 heterocycles. The van der Waals surface area contributed by atoms with Crippen molar-refractivity contribution >= 4 is 0 Å². The minimum absolute atomic E-state index is 0.104. The van der Waals surface area contributed by atoms with Crippen molar-refractivity contribution in [1.82, 2.24) is 5.32 Å². The maximum atomic E-state index is 13.0. The van der Waals surface area contributed by atoms with Crippen LogP contribution in [0.2, 0.25) is 0 Å². The van der Waals surface area contributed by atoms with Gasteiger partial charge < -0.3 is 5.32 Å². The molecular formula is C12H16FN. The number of hydrogen-bond donors (Lipinski definition) is 1. The number of halogens is 1. The molecule has 0 spiro atoms. The molecule has 1 aromatic rings. The molecule has 0 radical (unpaired) electrons. The van der Waals surface area contributed by atoms with Gasteiger partial charge in [-0.2, -0.15) is 0 Å². The quantitative estimate of drug-likeness (QED) is 0.723. The van der Waals surface area contributed by atoms with Crippen LogP contribution in [0.5, 0.6) is 0 Å². The van der Waals surface area contributed by atoms with Gasteiger partial charge in [0, 0.05) is 12.6 Å². The van der Waals surface area contributed by atoms with Crippen LogP contribution in [0.1, 0.15) is 30.4 Å². The van der Waals surface area contributed by atoms with Crippen LogP contribution >= 0.6 is 0 Å². The molecule has 1 aliphatic heterocycles. The Morgan fingerprint density at radius 3 is 2.79 bits per heavy atom. The molecule has 2 rings (SSSR count). The Morgan fingerprint density at radius 1 is 1.43 bits per heavy atom. The molecule has 76 valence electrons. The molecule has 1 fully saturated rings. The third-order valence-corrected chi connectivity index (χ3v) is 3.00. The minimum Gasteiger partial charge on any atom is -0.314 e. The molecule has 1 aliphatic rings. The fourth-order valence-corrected chi connectivity index (χ4v) is 2.11. The molecule has 2 atom stereocenters. The van der Waals surface area contributed by atoms with E-state index >= 15 is 0 Å². The smallest absolute Gasteiger partial charge is 0.126 e. The number of nitrogens with one attached hydrogen (secondary N) is 1. The summed E-state index contributed by atoms with van der Waals surface area (Å²) in [5.41, 5.74) is 2.02. The molecule has 2 heteroatoms. The number of benzene rings is 1. The van der Waals surface area contributed by atoms with E-state index in [0.29, 0.717) is 12.0 Å². The van der Waals surface area contributed by atoms with E-state index in [2.05, 4.69) is 12.2 Å². The van der Waals surface area contributed by atoms with Gasteiger partial charge in [-0.3, -0.25) is 0 Å². The van der Waals surface area contributed by atoms with Crippen LogP contribution in [0.4, 0.5) is 4.39 Å². The van der Waals surface area contributed by atoms with Gasteiger partial charge >= 0.3 is 0 Å². The number of aryl methyl sites for hydroxylation is 1. The Balaban J connectivity index is 2.20.